The highest BCUT2D eigenvalue weighted by Gasteiger charge is 2.34. The number of benzene rings is 1. The van der Waals surface area contributed by atoms with Gasteiger partial charge in [0.15, 0.2) is 0 Å². The smallest absolute Gasteiger partial charge is 0.244 e. The van der Waals surface area contributed by atoms with Crippen molar-refractivity contribution < 1.29 is 27.2 Å². The van der Waals surface area contributed by atoms with Crippen LogP contribution in [0.4, 0.5) is 5.69 Å². The van der Waals surface area contributed by atoms with E-state index in [0.717, 1.165) is 0 Å². The summed E-state index contributed by atoms with van der Waals surface area (Å²) in [5.41, 5.74) is 0.543. The van der Waals surface area contributed by atoms with Crippen LogP contribution in [0.2, 0.25) is 0 Å². The molecule has 1 aromatic carbocycles. The summed E-state index contributed by atoms with van der Waals surface area (Å²) < 4.78 is 43.6. The molecule has 0 aliphatic carbocycles. The van der Waals surface area contributed by atoms with Crippen LogP contribution in [0, 0.1) is 19.8 Å². The largest absolute Gasteiger partial charge is 0.497 e. The van der Waals surface area contributed by atoms with Gasteiger partial charge < -0.3 is 19.3 Å². The monoisotopic (exact) mass is 506 g/mol. The molecule has 182 valence electrons. The minimum atomic E-state index is -3.71. The predicted molar refractivity (Wildman–Crippen MR) is 127 cm³/mol. The van der Waals surface area contributed by atoms with E-state index in [9.17, 15) is 13.2 Å². The van der Waals surface area contributed by atoms with Crippen LogP contribution in [0.15, 0.2) is 33.7 Å². The highest BCUT2D eigenvalue weighted by atomic mass is 32.2. The summed E-state index contributed by atoms with van der Waals surface area (Å²) in [7, 11) is -0.633. The number of hydrogen-bond acceptors (Lipinski definition) is 9. The van der Waals surface area contributed by atoms with E-state index in [2.05, 4.69) is 15.5 Å². The highest BCUT2D eigenvalue weighted by Crippen LogP contribution is 2.35. The number of carbonyl (C=O) groups is 1. The van der Waals surface area contributed by atoms with Crippen molar-refractivity contribution in [3.63, 3.8) is 0 Å². The molecule has 1 aliphatic heterocycles. The Labute approximate surface area is 201 Å². The first-order chi connectivity index (χ1) is 16.2. The van der Waals surface area contributed by atoms with Gasteiger partial charge in [-0.2, -0.15) is 9.29 Å². The summed E-state index contributed by atoms with van der Waals surface area (Å²) in [4.78, 5) is 18.6. The Kier molecular flexibility index (Phi) is 6.91. The van der Waals surface area contributed by atoms with Crippen LogP contribution in [0.25, 0.3) is 10.7 Å². The van der Waals surface area contributed by atoms with E-state index in [1.807, 2.05) is 0 Å². The summed E-state index contributed by atoms with van der Waals surface area (Å²) in [5.74, 6) is 1.43. The van der Waals surface area contributed by atoms with Crippen LogP contribution in [-0.2, 0) is 14.8 Å². The van der Waals surface area contributed by atoms with E-state index in [-0.39, 0.29) is 29.8 Å². The standard InChI is InChI=1S/C22H26N4O6S2/c1-13-20(12-19(33-13)21-23-14(2)32-25-21)34(28,29)26-9-7-15(8-10-26)22(27)24-17-6-5-16(30-3)11-18(17)31-4/h5-6,11-12,15H,7-10H2,1-4H3,(H,24,27). The van der Waals surface area contributed by atoms with Crippen molar-refractivity contribution in [3.05, 3.63) is 35.0 Å². The fourth-order valence-corrected chi connectivity index (χ4v) is 6.82. The number of nitrogens with zero attached hydrogens (tertiary/aromatic N) is 3. The lowest BCUT2D eigenvalue weighted by atomic mass is 9.97. The molecular formula is C22H26N4O6S2. The van der Waals surface area contributed by atoms with E-state index in [4.69, 9.17) is 14.0 Å². The number of sulfonamides is 1. The Morgan fingerprint density at radius 1 is 1.18 bits per heavy atom. The second kappa shape index (κ2) is 9.72. The number of piperidine rings is 1. The van der Waals surface area contributed by atoms with Crippen LogP contribution in [0.3, 0.4) is 0 Å². The van der Waals surface area contributed by atoms with Gasteiger partial charge in [-0.15, -0.1) is 11.3 Å². The van der Waals surface area contributed by atoms with Crippen LogP contribution < -0.4 is 14.8 Å². The molecule has 0 saturated carbocycles. The minimum absolute atomic E-state index is 0.165. The summed E-state index contributed by atoms with van der Waals surface area (Å²) in [5, 5.41) is 6.77. The second-order valence-corrected chi connectivity index (χ2v) is 11.1. The topological polar surface area (TPSA) is 124 Å². The average Bonchev–Trinajstić information content (AvgIpc) is 3.45. The highest BCUT2D eigenvalue weighted by molar-refractivity contribution is 7.89. The number of nitrogens with one attached hydrogen (secondary N) is 1. The molecular weight excluding hydrogens is 480 g/mol. The van der Waals surface area contributed by atoms with Crippen LogP contribution in [0.5, 0.6) is 11.5 Å². The quantitative estimate of drug-likeness (QED) is 0.517. The molecule has 3 heterocycles. The molecule has 1 N–H and O–H groups in total. The van der Waals surface area contributed by atoms with Crippen molar-refractivity contribution in [1.82, 2.24) is 14.4 Å². The maximum absolute atomic E-state index is 13.3. The number of thiophene rings is 1. The van der Waals surface area contributed by atoms with Crippen molar-refractivity contribution in [3.8, 4) is 22.2 Å². The maximum Gasteiger partial charge on any atom is 0.244 e. The number of hydrogen-bond donors (Lipinski definition) is 1. The molecule has 0 spiro atoms. The predicted octanol–water partition coefficient (Wildman–Crippen LogP) is 3.47. The van der Waals surface area contributed by atoms with Crippen molar-refractivity contribution >= 4 is 33.0 Å². The molecule has 1 amide bonds. The fourth-order valence-electron chi connectivity index (χ4n) is 3.87. The number of methoxy groups -OCH3 is 2. The number of amides is 1. The van der Waals surface area contributed by atoms with E-state index in [1.54, 1.807) is 45.2 Å². The normalized spacial score (nSPS) is 15.3. The van der Waals surface area contributed by atoms with Crippen molar-refractivity contribution in [2.24, 2.45) is 5.92 Å². The first-order valence-corrected chi connectivity index (χ1v) is 12.9. The molecule has 1 aliphatic rings. The fraction of sp³-hybridized carbons (Fsp3) is 0.409. The first-order valence-electron chi connectivity index (χ1n) is 10.7. The van der Waals surface area contributed by atoms with E-state index in [0.29, 0.717) is 51.5 Å². The third-order valence-corrected chi connectivity index (χ3v) is 8.93. The molecule has 0 radical (unpaired) electrons. The number of anilines is 1. The average molecular weight is 507 g/mol. The van der Waals surface area contributed by atoms with Crippen molar-refractivity contribution in [2.75, 3.05) is 32.6 Å². The Hall–Kier alpha value is -2.96. The lowest BCUT2D eigenvalue weighted by Crippen LogP contribution is -2.41. The Bertz CT molecular complexity index is 1290. The van der Waals surface area contributed by atoms with Gasteiger partial charge in [0.25, 0.3) is 0 Å². The third-order valence-electron chi connectivity index (χ3n) is 5.73. The molecule has 0 bridgehead atoms. The maximum atomic E-state index is 13.3. The van der Waals surface area contributed by atoms with E-state index < -0.39 is 10.0 Å². The first kappa shape index (κ1) is 24.2. The van der Waals surface area contributed by atoms with Gasteiger partial charge in [0.2, 0.25) is 27.6 Å². The number of aryl methyl sites for hydroxylation is 2. The lowest BCUT2D eigenvalue weighted by Gasteiger charge is -2.30. The van der Waals surface area contributed by atoms with Gasteiger partial charge in [0.1, 0.15) is 11.5 Å². The number of carbonyl (C=O) groups excluding carboxylic acids is 1. The van der Waals surface area contributed by atoms with Crippen LogP contribution in [0.1, 0.15) is 23.6 Å². The summed E-state index contributed by atoms with van der Waals surface area (Å²) in [6.07, 6.45) is 0.840. The molecule has 4 rings (SSSR count). The van der Waals surface area contributed by atoms with Crippen LogP contribution in [-0.4, -0.2) is 56.1 Å². The summed E-state index contributed by atoms with van der Waals surface area (Å²) >= 11 is 1.31. The molecule has 0 atom stereocenters. The Morgan fingerprint density at radius 2 is 1.91 bits per heavy atom. The van der Waals surface area contributed by atoms with Gasteiger partial charge in [-0.25, -0.2) is 8.42 Å². The third kappa shape index (κ3) is 4.79. The van der Waals surface area contributed by atoms with Gasteiger partial charge in [0, 0.05) is 36.9 Å². The Balaban J connectivity index is 1.42. The molecule has 2 aromatic heterocycles. The van der Waals surface area contributed by atoms with Gasteiger partial charge >= 0.3 is 0 Å². The summed E-state index contributed by atoms with van der Waals surface area (Å²) in [6, 6.07) is 6.74. The van der Waals surface area contributed by atoms with Gasteiger partial charge in [-0.1, -0.05) is 5.16 Å². The zero-order valence-electron chi connectivity index (χ0n) is 19.3. The molecule has 3 aromatic rings. The van der Waals surface area contributed by atoms with E-state index >= 15 is 0 Å². The van der Waals surface area contributed by atoms with Gasteiger partial charge in [0.05, 0.1) is 29.7 Å². The van der Waals surface area contributed by atoms with Crippen LogP contribution >= 0.6 is 11.3 Å². The number of aromatic nitrogens is 2. The van der Waals surface area contributed by atoms with E-state index in [1.165, 1.54) is 22.8 Å². The SMILES string of the molecule is COc1ccc(NC(=O)C2CCN(S(=O)(=O)c3cc(-c4noc(C)n4)sc3C)CC2)c(OC)c1. The molecule has 12 heteroatoms. The number of rotatable bonds is 7. The van der Waals surface area contributed by atoms with Gasteiger partial charge in [-0.05, 0) is 38.0 Å². The molecule has 0 unspecified atom stereocenters. The zero-order valence-corrected chi connectivity index (χ0v) is 21.0. The molecule has 10 nitrogen and oxygen atoms in total. The van der Waals surface area contributed by atoms with Crippen molar-refractivity contribution in [2.45, 2.75) is 31.6 Å². The lowest BCUT2D eigenvalue weighted by molar-refractivity contribution is -0.120. The molecule has 1 fully saturated rings. The van der Waals surface area contributed by atoms with Gasteiger partial charge in [-0.3, -0.25) is 4.79 Å². The second-order valence-electron chi connectivity index (χ2n) is 7.90. The zero-order chi connectivity index (χ0) is 24.5. The summed E-state index contributed by atoms with van der Waals surface area (Å²) in [6.45, 7) is 3.95. The molecule has 1 saturated heterocycles. The Morgan fingerprint density at radius 3 is 2.53 bits per heavy atom. The van der Waals surface area contributed by atoms with Crippen molar-refractivity contribution in [1.29, 1.82) is 0 Å². The minimum Gasteiger partial charge on any atom is -0.497 e. The molecule has 34 heavy (non-hydrogen) atoms. The number of ether oxygens (including phenoxy) is 2.